The van der Waals surface area contributed by atoms with Crippen molar-refractivity contribution in [3.8, 4) is 0 Å². The summed E-state index contributed by atoms with van der Waals surface area (Å²) in [6, 6.07) is 8.98. The van der Waals surface area contributed by atoms with E-state index in [4.69, 9.17) is 0 Å². The van der Waals surface area contributed by atoms with Gasteiger partial charge in [0.2, 0.25) is 5.85 Å². The van der Waals surface area contributed by atoms with E-state index in [1.54, 1.807) is 18.2 Å². The van der Waals surface area contributed by atoms with Crippen molar-refractivity contribution in [2.24, 2.45) is 11.3 Å². The standard InChI is InChI=1S/C22H30FNO2/c1-6-24(7-2)15-18-13-17(20(25)16-11-9-8-10-12-16)14-19(21(3,4)5)22(18,23)26/h8-14,18,26H,6-7,15H2,1-5H3. The molecular weight excluding hydrogens is 329 g/mol. The van der Waals surface area contributed by atoms with Gasteiger partial charge in [-0.05, 0) is 24.6 Å². The molecule has 1 aliphatic carbocycles. The Morgan fingerprint density at radius 1 is 1.19 bits per heavy atom. The van der Waals surface area contributed by atoms with Gasteiger partial charge in [-0.2, -0.15) is 0 Å². The molecule has 142 valence electrons. The van der Waals surface area contributed by atoms with Crippen molar-refractivity contribution in [2.45, 2.75) is 40.5 Å². The number of halogens is 1. The summed E-state index contributed by atoms with van der Waals surface area (Å²) in [5.41, 5.74) is 0.667. The number of carbonyl (C=O) groups excluding carboxylic acids is 1. The summed E-state index contributed by atoms with van der Waals surface area (Å²) in [7, 11) is 0. The van der Waals surface area contributed by atoms with Crippen LogP contribution in [0.1, 0.15) is 45.0 Å². The minimum Gasteiger partial charge on any atom is -0.358 e. The fraction of sp³-hybridized carbons (Fsp3) is 0.500. The molecule has 2 atom stereocenters. The molecule has 1 aromatic carbocycles. The quantitative estimate of drug-likeness (QED) is 0.766. The number of Topliss-reactive ketones (excluding diaryl/α,β-unsaturated/α-hetero) is 1. The van der Waals surface area contributed by atoms with Crippen molar-refractivity contribution < 1.29 is 14.3 Å². The number of hydrogen-bond acceptors (Lipinski definition) is 3. The van der Waals surface area contributed by atoms with Crippen LogP contribution >= 0.6 is 0 Å². The van der Waals surface area contributed by atoms with Crippen molar-refractivity contribution in [1.29, 1.82) is 0 Å². The summed E-state index contributed by atoms with van der Waals surface area (Å²) in [4.78, 5) is 15.0. The number of allylic oxidation sites excluding steroid dienone is 2. The van der Waals surface area contributed by atoms with E-state index in [0.717, 1.165) is 13.1 Å². The summed E-state index contributed by atoms with van der Waals surface area (Å²) in [6.07, 6.45) is 3.14. The number of hydrogen-bond donors (Lipinski definition) is 1. The molecule has 0 saturated carbocycles. The number of aliphatic hydroxyl groups is 1. The largest absolute Gasteiger partial charge is 0.358 e. The van der Waals surface area contributed by atoms with Gasteiger partial charge in [0.15, 0.2) is 5.78 Å². The maximum atomic E-state index is 15.5. The van der Waals surface area contributed by atoms with Gasteiger partial charge in [-0.25, -0.2) is 4.39 Å². The van der Waals surface area contributed by atoms with Gasteiger partial charge in [0, 0.05) is 23.3 Å². The molecule has 0 saturated heterocycles. The summed E-state index contributed by atoms with van der Waals surface area (Å²) >= 11 is 0. The Bertz CT molecular complexity index is 695. The first-order chi connectivity index (χ1) is 12.1. The Labute approximate surface area is 156 Å². The van der Waals surface area contributed by atoms with Crippen molar-refractivity contribution in [3.63, 3.8) is 0 Å². The second-order valence-electron chi connectivity index (χ2n) is 7.89. The van der Waals surface area contributed by atoms with E-state index in [9.17, 15) is 9.90 Å². The molecule has 1 aromatic rings. The minimum atomic E-state index is -2.47. The first-order valence-corrected chi connectivity index (χ1v) is 9.29. The number of nitrogens with zero attached hydrogens (tertiary/aromatic N) is 1. The number of benzene rings is 1. The summed E-state index contributed by atoms with van der Waals surface area (Å²) in [6.45, 7) is 11.4. The van der Waals surface area contributed by atoms with E-state index in [1.165, 1.54) is 6.08 Å². The van der Waals surface area contributed by atoms with E-state index in [-0.39, 0.29) is 11.4 Å². The predicted octanol–water partition coefficient (Wildman–Crippen LogP) is 4.40. The highest BCUT2D eigenvalue weighted by Gasteiger charge is 2.47. The zero-order chi connectivity index (χ0) is 19.5. The molecule has 1 aliphatic rings. The molecule has 0 spiro atoms. The van der Waals surface area contributed by atoms with Crippen LogP contribution < -0.4 is 0 Å². The van der Waals surface area contributed by atoms with Crippen LogP contribution in [0.5, 0.6) is 0 Å². The summed E-state index contributed by atoms with van der Waals surface area (Å²) < 4.78 is 15.5. The molecule has 3 nitrogen and oxygen atoms in total. The smallest absolute Gasteiger partial charge is 0.237 e. The lowest BCUT2D eigenvalue weighted by Crippen LogP contribution is -2.46. The molecule has 2 unspecified atom stereocenters. The molecule has 26 heavy (non-hydrogen) atoms. The molecule has 0 fully saturated rings. The van der Waals surface area contributed by atoms with Crippen LogP contribution in [0.2, 0.25) is 0 Å². The van der Waals surface area contributed by atoms with Gasteiger partial charge in [-0.3, -0.25) is 4.79 Å². The second kappa shape index (κ2) is 7.85. The minimum absolute atomic E-state index is 0.146. The van der Waals surface area contributed by atoms with E-state index >= 15 is 4.39 Å². The van der Waals surface area contributed by atoms with Gasteiger partial charge in [-0.15, -0.1) is 0 Å². The maximum absolute atomic E-state index is 15.5. The lowest BCUT2D eigenvalue weighted by molar-refractivity contribution is -0.106. The summed E-state index contributed by atoms with van der Waals surface area (Å²) in [5, 5.41) is 10.7. The van der Waals surface area contributed by atoms with Crippen LogP contribution in [0.25, 0.3) is 0 Å². The van der Waals surface area contributed by atoms with Crippen molar-refractivity contribution in [2.75, 3.05) is 19.6 Å². The third kappa shape index (κ3) is 4.30. The molecular formula is C22H30FNO2. The highest BCUT2D eigenvalue weighted by Crippen LogP contribution is 2.44. The topological polar surface area (TPSA) is 40.5 Å². The lowest BCUT2D eigenvalue weighted by Gasteiger charge is -2.40. The molecule has 0 heterocycles. The SMILES string of the molecule is CCN(CC)CC1C=C(C(=O)c2ccccc2)C=C(C(C)(C)C)C1(O)F. The van der Waals surface area contributed by atoms with Gasteiger partial charge >= 0.3 is 0 Å². The fourth-order valence-electron chi connectivity index (χ4n) is 3.41. The first-order valence-electron chi connectivity index (χ1n) is 9.29. The Morgan fingerprint density at radius 2 is 1.77 bits per heavy atom. The van der Waals surface area contributed by atoms with Crippen LogP contribution in [-0.2, 0) is 0 Å². The van der Waals surface area contributed by atoms with Crippen molar-refractivity contribution in [3.05, 3.63) is 59.2 Å². The molecule has 0 bridgehead atoms. The van der Waals surface area contributed by atoms with E-state index in [1.807, 2.05) is 52.8 Å². The molecule has 1 N–H and O–H groups in total. The van der Waals surface area contributed by atoms with Crippen LogP contribution in [-0.4, -0.2) is 41.3 Å². The predicted molar refractivity (Wildman–Crippen MR) is 104 cm³/mol. The normalized spacial score (nSPS) is 23.6. The average molecular weight is 359 g/mol. The molecule has 0 amide bonds. The zero-order valence-corrected chi connectivity index (χ0v) is 16.4. The number of carbonyl (C=O) groups is 1. The molecule has 4 heteroatoms. The van der Waals surface area contributed by atoms with Crippen LogP contribution in [0, 0.1) is 11.3 Å². The number of alkyl halides is 1. The third-order valence-corrected chi connectivity index (χ3v) is 5.01. The van der Waals surface area contributed by atoms with Crippen LogP contribution in [0.15, 0.2) is 53.6 Å². The Kier molecular flexibility index (Phi) is 6.20. The Morgan fingerprint density at radius 3 is 2.27 bits per heavy atom. The van der Waals surface area contributed by atoms with Crippen molar-refractivity contribution in [1.82, 2.24) is 4.90 Å². The first kappa shape index (κ1) is 20.5. The van der Waals surface area contributed by atoms with E-state index < -0.39 is 17.2 Å². The Balaban J connectivity index is 2.49. The van der Waals surface area contributed by atoms with Gasteiger partial charge in [0.05, 0.1) is 5.92 Å². The monoisotopic (exact) mass is 359 g/mol. The fourth-order valence-corrected chi connectivity index (χ4v) is 3.41. The number of rotatable bonds is 6. The van der Waals surface area contributed by atoms with E-state index in [2.05, 4.69) is 4.90 Å². The molecule has 0 radical (unpaired) electrons. The highest BCUT2D eigenvalue weighted by molar-refractivity contribution is 6.10. The van der Waals surface area contributed by atoms with Gasteiger partial charge in [-0.1, -0.05) is 71.0 Å². The zero-order valence-electron chi connectivity index (χ0n) is 16.4. The summed E-state index contributed by atoms with van der Waals surface area (Å²) in [5.74, 6) is -3.40. The maximum Gasteiger partial charge on any atom is 0.237 e. The molecule has 0 aliphatic heterocycles. The lowest BCUT2D eigenvalue weighted by atomic mass is 9.72. The van der Waals surface area contributed by atoms with Crippen LogP contribution in [0.4, 0.5) is 4.39 Å². The second-order valence-corrected chi connectivity index (χ2v) is 7.89. The van der Waals surface area contributed by atoms with Gasteiger partial charge in [0.25, 0.3) is 0 Å². The molecule has 2 rings (SSSR count). The highest BCUT2D eigenvalue weighted by atomic mass is 19.2. The van der Waals surface area contributed by atoms with Crippen LogP contribution in [0.3, 0.4) is 0 Å². The van der Waals surface area contributed by atoms with Gasteiger partial charge < -0.3 is 10.0 Å². The third-order valence-electron chi connectivity index (χ3n) is 5.01. The van der Waals surface area contributed by atoms with Gasteiger partial charge in [0.1, 0.15) is 0 Å². The van der Waals surface area contributed by atoms with Crippen molar-refractivity contribution >= 4 is 5.78 Å². The Hall–Kier alpha value is -1.78. The van der Waals surface area contributed by atoms with E-state index in [0.29, 0.717) is 17.7 Å². The molecule has 0 aromatic heterocycles. The average Bonchev–Trinajstić information content (AvgIpc) is 2.59. The number of ketones is 1.